The summed E-state index contributed by atoms with van der Waals surface area (Å²) in [6.45, 7) is 5.75. The van der Waals surface area contributed by atoms with Crippen molar-refractivity contribution in [3.05, 3.63) is 39.9 Å². The minimum Gasteiger partial charge on any atom is -0.463 e. The first-order chi connectivity index (χ1) is 17.5. The molecular formula is C26H31ClO10. The lowest BCUT2D eigenvalue weighted by molar-refractivity contribution is -0.254. The standard InChI is InChI=1S/C26H31ClO10/c1-14(28)33-13-22-24(34-15(2)29)26(36-17(4)31)25(35-16(3)30)23(37-22)19-5-6-21(27)20(12-19)11-18-7-9-32-10-8-18/h5-6,11-12,22-26H,7-10,13H2,1-4H3/t22-,23+,24-,25+,26+/m1/s1. The molecule has 0 unspecified atom stereocenters. The molecule has 2 heterocycles. The molecule has 5 atom stereocenters. The molecule has 3 rings (SSSR count). The number of halogens is 1. The Bertz CT molecular complexity index is 1040. The number of benzene rings is 1. The highest BCUT2D eigenvalue weighted by Gasteiger charge is 2.52. The van der Waals surface area contributed by atoms with Gasteiger partial charge in [0.15, 0.2) is 18.3 Å². The number of ether oxygens (including phenoxy) is 6. The van der Waals surface area contributed by atoms with E-state index >= 15 is 0 Å². The molecule has 202 valence electrons. The second-order valence-electron chi connectivity index (χ2n) is 8.82. The van der Waals surface area contributed by atoms with Crippen molar-refractivity contribution in [1.82, 2.24) is 0 Å². The van der Waals surface area contributed by atoms with E-state index in [1.54, 1.807) is 18.2 Å². The second-order valence-corrected chi connectivity index (χ2v) is 9.22. The lowest BCUT2D eigenvalue weighted by Gasteiger charge is -2.44. The highest BCUT2D eigenvalue weighted by Crippen LogP contribution is 2.39. The second kappa shape index (κ2) is 13.0. The SMILES string of the molecule is CC(=O)OC[C@H]1O[C@@H](c2ccc(Cl)c(C=C3CCOCC3)c2)[C@H](OC(C)=O)[C@@H](OC(C)=O)[C@@H]1OC(C)=O. The predicted octanol–water partition coefficient (Wildman–Crippen LogP) is 3.33. The van der Waals surface area contributed by atoms with Crippen LogP contribution in [0.25, 0.3) is 6.08 Å². The molecule has 2 aliphatic heterocycles. The summed E-state index contributed by atoms with van der Waals surface area (Å²) >= 11 is 6.48. The summed E-state index contributed by atoms with van der Waals surface area (Å²) in [5.74, 6) is -2.61. The van der Waals surface area contributed by atoms with Crippen molar-refractivity contribution in [1.29, 1.82) is 0 Å². The molecule has 0 aromatic heterocycles. The van der Waals surface area contributed by atoms with E-state index < -0.39 is 54.4 Å². The van der Waals surface area contributed by atoms with Crippen molar-refractivity contribution in [3.8, 4) is 0 Å². The molecule has 2 fully saturated rings. The molecule has 0 N–H and O–H groups in total. The van der Waals surface area contributed by atoms with E-state index in [2.05, 4.69) is 0 Å². The predicted molar refractivity (Wildman–Crippen MR) is 130 cm³/mol. The molecule has 2 aliphatic rings. The normalized spacial score (nSPS) is 25.5. The Balaban J connectivity index is 2.07. The quantitative estimate of drug-likeness (QED) is 0.377. The molecule has 0 spiro atoms. The fraction of sp³-hybridized carbons (Fsp3) is 0.538. The smallest absolute Gasteiger partial charge is 0.303 e. The van der Waals surface area contributed by atoms with E-state index in [9.17, 15) is 19.2 Å². The molecule has 0 amide bonds. The topological polar surface area (TPSA) is 124 Å². The van der Waals surface area contributed by atoms with E-state index in [1.807, 2.05) is 6.08 Å². The first-order valence-electron chi connectivity index (χ1n) is 11.9. The van der Waals surface area contributed by atoms with E-state index in [4.69, 9.17) is 40.0 Å². The van der Waals surface area contributed by atoms with Gasteiger partial charge < -0.3 is 28.4 Å². The number of carbonyl (C=O) groups excluding carboxylic acids is 4. The number of hydrogen-bond acceptors (Lipinski definition) is 10. The number of esters is 4. The Kier molecular flexibility index (Phi) is 10.1. The van der Waals surface area contributed by atoms with Crippen LogP contribution in [0.2, 0.25) is 5.02 Å². The maximum absolute atomic E-state index is 12.1. The van der Waals surface area contributed by atoms with Crippen LogP contribution >= 0.6 is 11.6 Å². The first-order valence-corrected chi connectivity index (χ1v) is 12.3. The van der Waals surface area contributed by atoms with Crippen molar-refractivity contribution >= 4 is 41.6 Å². The molecule has 0 aliphatic carbocycles. The van der Waals surface area contributed by atoms with Crippen molar-refractivity contribution in [2.75, 3.05) is 19.8 Å². The lowest BCUT2D eigenvalue weighted by Crippen LogP contribution is -2.59. The number of carbonyl (C=O) groups is 4. The minimum absolute atomic E-state index is 0.293. The lowest BCUT2D eigenvalue weighted by atomic mass is 9.89. The number of rotatable bonds is 7. The van der Waals surface area contributed by atoms with Gasteiger partial charge in [-0.05, 0) is 36.1 Å². The maximum Gasteiger partial charge on any atom is 0.303 e. The zero-order valence-electron chi connectivity index (χ0n) is 21.2. The molecule has 37 heavy (non-hydrogen) atoms. The van der Waals surface area contributed by atoms with Gasteiger partial charge in [-0.2, -0.15) is 0 Å². The van der Waals surface area contributed by atoms with Crippen LogP contribution in [0.4, 0.5) is 0 Å². The molecule has 0 bridgehead atoms. The van der Waals surface area contributed by atoms with Crippen LogP contribution in [0.15, 0.2) is 23.8 Å². The van der Waals surface area contributed by atoms with Crippen LogP contribution in [0.5, 0.6) is 0 Å². The van der Waals surface area contributed by atoms with Crippen LogP contribution < -0.4 is 0 Å². The minimum atomic E-state index is -1.24. The van der Waals surface area contributed by atoms with Gasteiger partial charge in [-0.3, -0.25) is 19.2 Å². The fourth-order valence-electron chi connectivity index (χ4n) is 4.34. The zero-order valence-corrected chi connectivity index (χ0v) is 21.9. The molecule has 0 saturated carbocycles. The highest BCUT2D eigenvalue weighted by molar-refractivity contribution is 6.32. The Morgan fingerprint density at radius 3 is 2.08 bits per heavy atom. The third kappa shape index (κ3) is 8.02. The van der Waals surface area contributed by atoms with Crippen LogP contribution in [0.3, 0.4) is 0 Å². The van der Waals surface area contributed by atoms with E-state index in [0.29, 0.717) is 23.8 Å². The van der Waals surface area contributed by atoms with E-state index in [1.165, 1.54) is 33.3 Å². The average molecular weight is 539 g/mol. The summed E-state index contributed by atoms with van der Waals surface area (Å²) in [5, 5.41) is 0.508. The van der Waals surface area contributed by atoms with Crippen molar-refractivity contribution < 1.29 is 47.6 Å². The van der Waals surface area contributed by atoms with Gasteiger partial charge in [-0.25, -0.2) is 0 Å². The summed E-state index contributed by atoms with van der Waals surface area (Å²) in [7, 11) is 0. The van der Waals surface area contributed by atoms with E-state index in [0.717, 1.165) is 18.4 Å². The summed E-state index contributed by atoms with van der Waals surface area (Å²) in [6, 6.07) is 5.19. The molecule has 0 radical (unpaired) electrons. The molecule has 10 nitrogen and oxygen atoms in total. The monoisotopic (exact) mass is 538 g/mol. The Hall–Kier alpha value is -2.95. The van der Waals surface area contributed by atoms with Gasteiger partial charge in [0.2, 0.25) is 0 Å². The van der Waals surface area contributed by atoms with Gasteiger partial charge >= 0.3 is 23.9 Å². The highest BCUT2D eigenvalue weighted by atomic mass is 35.5. The van der Waals surface area contributed by atoms with E-state index in [-0.39, 0.29) is 6.61 Å². The first kappa shape index (κ1) is 28.6. The molecule has 11 heteroatoms. The van der Waals surface area contributed by atoms with Crippen LogP contribution in [-0.4, -0.2) is 68.1 Å². The molecule has 1 aromatic carbocycles. The van der Waals surface area contributed by atoms with Gasteiger partial charge in [-0.1, -0.05) is 29.3 Å². The fourth-order valence-corrected chi connectivity index (χ4v) is 4.52. The van der Waals surface area contributed by atoms with Crippen LogP contribution in [0, 0.1) is 0 Å². The molecule has 1 aromatic rings. The van der Waals surface area contributed by atoms with Gasteiger partial charge in [0.05, 0.1) is 13.2 Å². The summed E-state index contributed by atoms with van der Waals surface area (Å²) in [4.78, 5) is 47.6. The van der Waals surface area contributed by atoms with Gasteiger partial charge in [0, 0.05) is 32.7 Å². The van der Waals surface area contributed by atoms with Crippen molar-refractivity contribution in [3.63, 3.8) is 0 Å². The number of hydrogen-bond donors (Lipinski definition) is 0. The van der Waals surface area contributed by atoms with Crippen molar-refractivity contribution in [2.45, 2.75) is 71.1 Å². The molecule has 2 saturated heterocycles. The third-order valence-corrected chi connectivity index (χ3v) is 6.18. The van der Waals surface area contributed by atoms with Gasteiger partial charge in [-0.15, -0.1) is 0 Å². The van der Waals surface area contributed by atoms with Gasteiger partial charge in [0.25, 0.3) is 0 Å². The summed E-state index contributed by atoms with van der Waals surface area (Å²) in [5.41, 5.74) is 2.47. The largest absolute Gasteiger partial charge is 0.463 e. The average Bonchev–Trinajstić information content (AvgIpc) is 2.82. The Morgan fingerprint density at radius 2 is 1.49 bits per heavy atom. The van der Waals surface area contributed by atoms with Crippen molar-refractivity contribution in [2.24, 2.45) is 0 Å². The zero-order chi connectivity index (χ0) is 27.1. The third-order valence-electron chi connectivity index (χ3n) is 5.83. The summed E-state index contributed by atoms with van der Waals surface area (Å²) < 4.78 is 33.3. The molecular weight excluding hydrogens is 508 g/mol. The van der Waals surface area contributed by atoms with Crippen LogP contribution in [-0.2, 0) is 47.6 Å². The van der Waals surface area contributed by atoms with Crippen LogP contribution in [0.1, 0.15) is 57.8 Å². The van der Waals surface area contributed by atoms with Gasteiger partial charge in [0.1, 0.15) is 18.8 Å². The summed E-state index contributed by atoms with van der Waals surface area (Å²) in [6.07, 6.45) is -2.08. The Labute approximate surface area is 220 Å². The maximum atomic E-state index is 12.1. The Morgan fingerprint density at radius 1 is 0.892 bits per heavy atom.